The molecule has 0 aliphatic heterocycles. The third kappa shape index (κ3) is 3.58. The van der Waals surface area contributed by atoms with Crippen LogP contribution in [0.3, 0.4) is 0 Å². The van der Waals surface area contributed by atoms with Crippen molar-refractivity contribution in [2.24, 2.45) is 5.73 Å². The largest absolute Gasteiger partial charge is 0.341 e. The van der Waals surface area contributed by atoms with Crippen LogP contribution in [0.1, 0.15) is 13.3 Å². The molecule has 0 bridgehead atoms. The van der Waals surface area contributed by atoms with E-state index in [2.05, 4.69) is 0 Å². The van der Waals surface area contributed by atoms with Gasteiger partial charge in [0.25, 0.3) is 0 Å². The Morgan fingerprint density at radius 3 is 2.73 bits per heavy atom. The van der Waals surface area contributed by atoms with Crippen molar-refractivity contribution >= 4 is 5.91 Å². The van der Waals surface area contributed by atoms with E-state index >= 15 is 0 Å². The van der Waals surface area contributed by atoms with Crippen LogP contribution >= 0.6 is 0 Å². The first-order valence-corrected chi connectivity index (χ1v) is 3.61. The number of amides is 1. The van der Waals surface area contributed by atoms with Crippen LogP contribution in [0.25, 0.3) is 0 Å². The molecule has 0 heterocycles. The van der Waals surface area contributed by atoms with Gasteiger partial charge in [-0.25, -0.2) is 0 Å². The highest BCUT2D eigenvalue weighted by molar-refractivity contribution is 5.77. The summed E-state index contributed by atoms with van der Waals surface area (Å²) >= 11 is 0. The third-order valence-electron chi connectivity index (χ3n) is 1.40. The maximum absolute atomic E-state index is 10.9. The Balaban J connectivity index is 3.77. The van der Waals surface area contributed by atoms with E-state index in [-0.39, 0.29) is 12.5 Å². The van der Waals surface area contributed by atoms with E-state index in [1.807, 2.05) is 13.0 Å². The molecule has 0 radical (unpaired) electrons. The number of rotatable bonds is 4. The van der Waals surface area contributed by atoms with E-state index in [0.29, 0.717) is 19.5 Å². The molecule has 0 spiro atoms. The van der Waals surface area contributed by atoms with Crippen LogP contribution in [-0.2, 0) is 4.79 Å². The van der Waals surface area contributed by atoms with Gasteiger partial charge in [-0.05, 0) is 6.92 Å². The number of carbonyl (C=O) groups excluding carboxylic acids is 1. The Morgan fingerprint density at radius 2 is 2.36 bits per heavy atom. The Morgan fingerprint density at radius 1 is 1.73 bits per heavy atom. The maximum atomic E-state index is 10.9. The summed E-state index contributed by atoms with van der Waals surface area (Å²) in [7, 11) is 0. The number of likely N-dealkylation sites (N-methyl/N-ethyl adjacent to an activating group) is 1. The lowest BCUT2D eigenvalue weighted by molar-refractivity contribution is -0.129. The van der Waals surface area contributed by atoms with Gasteiger partial charge in [0.05, 0.1) is 19.0 Å². The lowest BCUT2D eigenvalue weighted by Crippen LogP contribution is -2.36. The maximum Gasteiger partial charge on any atom is 0.236 e. The van der Waals surface area contributed by atoms with Crippen LogP contribution in [0.5, 0.6) is 0 Å². The van der Waals surface area contributed by atoms with Crippen molar-refractivity contribution in [2.75, 3.05) is 19.6 Å². The zero-order chi connectivity index (χ0) is 8.69. The fraction of sp³-hybridized carbons (Fsp3) is 0.714. The minimum absolute atomic E-state index is 0.0271. The van der Waals surface area contributed by atoms with Gasteiger partial charge >= 0.3 is 0 Å². The van der Waals surface area contributed by atoms with Crippen LogP contribution < -0.4 is 5.73 Å². The quantitative estimate of drug-likeness (QED) is 0.606. The van der Waals surface area contributed by atoms with Gasteiger partial charge in [0.15, 0.2) is 0 Å². The molecule has 0 saturated heterocycles. The summed E-state index contributed by atoms with van der Waals surface area (Å²) in [5, 5.41) is 8.25. The summed E-state index contributed by atoms with van der Waals surface area (Å²) in [6, 6.07) is 1.98. The van der Waals surface area contributed by atoms with Crippen molar-refractivity contribution in [3.05, 3.63) is 0 Å². The van der Waals surface area contributed by atoms with Gasteiger partial charge in [-0.3, -0.25) is 4.79 Å². The van der Waals surface area contributed by atoms with Gasteiger partial charge in [0.2, 0.25) is 5.91 Å². The predicted molar refractivity (Wildman–Crippen MR) is 41.5 cm³/mol. The van der Waals surface area contributed by atoms with Crippen LogP contribution in [0.4, 0.5) is 0 Å². The van der Waals surface area contributed by atoms with Crippen molar-refractivity contribution in [3.63, 3.8) is 0 Å². The highest BCUT2D eigenvalue weighted by Crippen LogP contribution is 1.90. The summed E-state index contributed by atoms with van der Waals surface area (Å²) in [6.45, 7) is 3.00. The van der Waals surface area contributed by atoms with Crippen LogP contribution in [0, 0.1) is 11.3 Å². The highest BCUT2D eigenvalue weighted by Gasteiger charge is 2.07. The Hall–Kier alpha value is -1.08. The molecular weight excluding hydrogens is 142 g/mol. The first-order chi connectivity index (χ1) is 5.26. The number of nitrogens with two attached hydrogens (primary N) is 1. The molecule has 0 aromatic carbocycles. The summed E-state index contributed by atoms with van der Waals surface area (Å²) in [6.07, 6.45) is 0.375. The average molecular weight is 155 g/mol. The fourth-order valence-electron chi connectivity index (χ4n) is 0.773. The van der Waals surface area contributed by atoms with Crippen molar-refractivity contribution in [1.82, 2.24) is 4.90 Å². The Kier molecular flexibility index (Phi) is 5.13. The van der Waals surface area contributed by atoms with Crippen molar-refractivity contribution in [3.8, 4) is 6.07 Å². The molecule has 0 aliphatic carbocycles. The second-order valence-corrected chi connectivity index (χ2v) is 2.09. The zero-order valence-corrected chi connectivity index (χ0v) is 6.71. The lowest BCUT2D eigenvalue weighted by Gasteiger charge is -2.17. The first-order valence-electron chi connectivity index (χ1n) is 3.61. The van der Waals surface area contributed by atoms with E-state index in [1.54, 1.807) is 4.90 Å². The second kappa shape index (κ2) is 5.69. The normalized spacial score (nSPS) is 8.82. The highest BCUT2D eigenvalue weighted by atomic mass is 16.2. The summed E-state index contributed by atoms with van der Waals surface area (Å²) in [4.78, 5) is 12.5. The van der Waals surface area contributed by atoms with Crippen molar-refractivity contribution < 1.29 is 4.79 Å². The van der Waals surface area contributed by atoms with Crippen molar-refractivity contribution in [2.45, 2.75) is 13.3 Å². The van der Waals surface area contributed by atoms with Gasteiger partial charge in [-0.2, -0.15) is 5.26 Å². The van der Waals surface area contributed by atoms with E-state index in [0.717, 1.165) is 0 Å². The average Bonchev–Trinajstić information content (AvgIpc) is 2.05. The van der Waals surface area contributed by atoms with Crippen LogP contribution in [0.2, 0.25) is 0 Å². The molecule has 0 saturated carbocycles. The molecule has 0 atom stereocenters. The zero-order valence-electron chi connectivity index (χ0n) is 6.71. The molecule has 0 rings (SSSR count). The van der Waals surface area contributed by atoms with Gasteiger partial charge in [0, 0.05) is 13.1 Å². The minimum atomic E-state index is -0.0947. The standard InChI is InChI=1S/C7H13N3O/c1-2-10(5-3-4-8)7(11)6-9/h2-3,5-6,9H2,1H3. The van der Waals surface area contributed by atoms with Crippen LogP contribution in [-0.4, -0.2) is 30.4 Å². The van der Waals surface area contributed by atoms with Gasteiger partial charge in [-0.15, -0.1) is 0 Å². The molecule has 0 aromatic rings. The molecule has 2 N–H and O–H groups in total. The lowest BCUT2D eigenvalue weighted by atomic mass is 10.4. The number of hydrogen-bond donors (Lipinski definition) is 1. The third-order valence-corrected chi connectivity index (χ3v) is 1.40. The molecule has 62 valence electrons. The van der Waals surface area contributed by atoms with Gasteiger partial charge in [-0.1, -0.05) is 0 Å². The number of nitriles is 1. The molecule has 11 heavy (non-hydrogen) atoms. The topological polar surface area (TPSA) is 70.1 Å². The second-order valence-electron chi connectivity index (χ2n) is 2.09. The summed E-state index contributed by atoms with van der Waals surface area (Å²) < 4.78 is 0. The van der Waals surface area contributed by atoms with Gasteiger partial charge in [0.1, 0.15) is 0 Å². The van der Waals surface area contributed by atoms with Gasteiger partial charge < -0.3 is 10.6 Å². The molecule has 0 unspecified atom stereocenters. The minimum Gasteiger partial charge on any atom is -0.341 e. The number of hydrogen-bond acceptors (Lipinski definition) is 3. The van der Waals surface area contributed by atoms with Crippen LogP contribution in [0.15, 0.2) is 0 Å². The molecule has 0 aromatic heterocycles. The molecular formula is C7H13N3O. The van der Waals surface area contributed by atoms with E-state index < -0.39 is 0 Å². The smallest absolute Gasteiger partial charge is 0.236 e. The number of nitrogens with zero attached hydrogens (tertiary/aromatic N) is 2. The fourth-order valence-corrected chi connectivity index (χ4v) is 0.773. The monoisotopic (exact) mass is 155 g/mol. The van der Waals surface area contributed by atoms with E-state index in [1.165, 1.54) is 0 Å². The molecule has 0 aliphatic rings. The van der Waals surface area contributed by atoms with Crippen molar-refractivity contribution in [1.29, 1.82) is 5.26 Å². The summed E-state index contributed by atoms with van der Waals surface area (Å²) in [5.41, 5.74) is 5.15. The predicted octanol–water partition coefficient (Wildman–Crippen LogP) is -0.293. The summed E-state index contributed by atoms with van der Waals surface area (Å²) in [5.74, 6) is -0.0947. The Bertz CT molecular complexity index is 162. The number of carbonyl (C=O) groups is 1. The van der Waals surface area contributed by atoms with E-state index in [9.17, 15) is 4.79 Å². The molecule has 1 amide bonds. The first kappa shape index (κ1) is 9.92. The molecule has 4 heteroatoms. The molecule has 0 fully saturated rings. The Labute approximate surface area is 66.6 Å². The SMILES string of the molecule is CCN(CCC#N)C(=O)CN. The van der Waals surface area contributed by atoms with E-state index in [4.69, 9.17) is 11.0 Å². The molecule has 4 nitrogen and oxygen atoms in total.